The van der Waals surface area contributed by atoms with Crippen LogP contribution in [0.4, 0.5) is 0 Å². The highest BCUT2D eigenvalue weighted by molar-refractivity contribution is 4.95. The van der Waals surface area contributed by atoms with Crippen molar-refractivity contribution < 1.29 is 0 Å². The van der Waals surface area contributed by atoms with Crippen LogP contribution in [0.15, 0.2) is 0 Å². The van der Waals surface area contributed by atoms with Crippen LogP contribution in [0.2, 0.25) is 0 Å². The van der Waals surface area contributed by atoms with Gasteiger partial charge < -0.3 is 5.73 Å². The lowest BCUT2D eigenvalue weighted by Crippen LogP contribution is -2.45. The molecule has 1 fully saturated rings. The van der Waals surface area contributed by atoms with E-state index in [1.807, 2.05) is 0 Å². The van der Waals surface area contributed by atoms with Gasteiger partial charge in [-0.1, -0.05) is 41.0 Å². The van der Waals surface area contributed by atoms with Gasteiger partial charge in [0.15, 0.2) is 0 Å². The molecule has 3 atom stereocenters. The number of nitrogens with two attached hydrogens (primary N) is 1. The molecule has 0 amide bonds. The second-order valence-corrected chi connectivity index (χ2v) is 6.47. The third-order valence-corrected chi connectivity index (χ3v) is 4.23. The van der Waals surface area contributed by atoms with Gasteiger partial charge in [0.2, 0.25) is 0 Å². The smallest absolute Gasteiger partial charge is 0.00492 e. The standard InChI is InChI=1S/C13H27N/c1-6-10(2)13(5)8-11(14)7-12(3,4)9-13/h10-11H,6-9,14H2,1-5H3. The summed E-state index contributed by atoms with van der Waals surface area (Å²) in [4.78, 5) is 0. The molecule has 0 spiro atoms. The van der Waals surface area contributed by atoms with E-state index in [4.69, 9.17) is 5.73 Å². The summed E-state index contributed by atoms with van der Waals surface area (Å²) in [5.74, 6) is 0.799. The van der Waals surface area contributed by atoms with E-state index in [2.05, 4.69) is 34.6 Å². The highest BCUT2D eigenvalue weighted by Gasteiger charge is 2.42. The molecule has 1 heteroatoms. The van der Waals surface area contributed by atoms with Crippen molar-refractivity contribution in [2.24, 2.45) is 22.5 Å². The maximum absolute atomic E-state index is 6.18. The van der Waals surface area contributed by atoms with Crippen LogP contribution >= 0.6 is 0 Å². The molecule has 0 bridgehead atoms. The van der Waals surface area contributed by atoms with Crippen LogP contribution in [0.3, 0.4) is 0 Å². The summed E-state index contributed by atoms with van der Waals surface area (Å²) in [6.07, 6.45) is 5.02. The third-order valence-electron chi connectivity index (χ3n) is 4.23. The molecule has 2 N–H and O–H groups in total. The number of rotatable bonds is 2. The molecule has 0 aromatic carbocycles. The van der Waals surface area contributed by atoms with Crippen molar-refractivity contribution >= 4 is 0 Å². The minimum atomic E-state index is 0.415. The first-order valence-corrected chi connectivity index (χ1v) is 6.05. The summed E-state index contributed by atoms with van der Waals surface area (Å²) in [7, 11) is 0. The molecule has 0 aromatic heterocycles. The number of hydrogen-bond donors (Lipinski definition) is 1. The maximum atomic E-state index is 6.18. The molecule has 1 aliphatic rings. The Morgan fingerprint density at radius 2 is 1.86 bits per heavy atom. The van der Waals surface area contributed by atoms with Crippen molar-refractivity contribution in [3.05, 3.63) is 0 Å². The Labute approximate surface area is 89.5 Å². The lowest BCUT2D eigenvalue weighted by atomic mass is 9.58. The molecule has 1 aliphatic carbocycles. The zero-order chi connectivity index (χ0) is 11.0. The first kappa shape index (κ1) is 12.0. The van der Waals surface area contributed by atoms with Crippen molar-refractivity contribution in [2.45, 2.75) is 66.3 Å². The second kappa shape index (κ2) is 3.84. The second-order valence-electron chi connectivity index (χ2n) is 6.47. The van der Waals surface area contributed by atoms with E-state index >= 15 is 0 Å². The molecule has 0 aliphatic heterocycles. The van der Waals surface area contributed by atoms with E-state index in [1.54, 1.807) is 0 Å². The zero-order valence-electron chi connectivity index (χ0n) is 10.6. The summed E-state index contributed by atoms with van der Waals surface area (Å²) < 4.78 is 0. The molecule has 3 unspecified atom stereocenters. The summed E-state index contributed by atoms with van der Waals surface area (Å²) in [5, 5.41) is 0. The summed E-state index contributed by atoms with van der Waals surface area (Å²) in [5.41, 5.74) is 7.09. The van der Waals surface area contributed by atoms with Gasteiger partial charge in [0, 0.05) is 6.04 Å². The van der Waals surface area contributed by atoms with Gasteiger partial charge in [-0.2, -0.15) is 0 Å². The highest BCUT2D eigenvalue weighted by atomic mass is 14.7. The Bertz CT molecular complexity index is 197. The molecular weight excluding hydrogens is 170 g/mol. The molecule has 1 nitrogen and oxygen atoms in total. The predicted molar refractivity (Wildman–Crippen MR) is 63.2 cm³/mol. The molecule has 0 saturated heterocycles. The number of hydrogen-bond acceptors (Lipinski definition) is 1. The first-order valence-electron chi connectivity index (χ1n) is 6.05. The molecule has 0 aromatic rings. The molecule has 1 rings (SSSR count). The van der Waals surface area contributed by atoms with E-state index < -0.39 is 0 Å². The summed E-state index contributed by atoms with van der Waals surface area (Å²) >= 11 is 0. The van der Waals surface area contributed by atoms with Crippen LogP contribution in [-0.4, -0.2) is 6.04 Å². The first-order chi connectivity index (χ1) is 6.29. The van der Waals surface area contributed by atoms with Crippen molar-refractivity contribution in [3.63, 3.8) is 0 Å². The fraction of sp³-hybridized carbons (Fsp3) is 1.00. The van der Waals surface area contributed by atoms with Gasteiger partial charge in [-0.15, -0.1) is 0 Å². The quantitative estimate of drug-likeness (QED) is 0.719. The van der Waals surface area contributed by atoms with Crippen molar-refractivity contribution in [3.8, 4) is 0 Å². The van der Waals surface area contributed by atoms with Crippen LogP contribution in [0.5, 0.6) is 0 Å². The Hall–Kier alpha value is -0.0400. The van der Waals surface area contributed by atoms with Crippen molar-refractivity contribution in [2.75, 3.05) is 0 Å². The van der Waals surface area contributed by atoms with E-state index in [1.165, 1.54) is 25.7 Å². The van der Waals surface area contributed by atoms with E-state index in [9.17, 15) is 0 Å². The fourth-order valence-corrected chi connectivity index (χ4v) is 3.49. The van der Waals surface area contributed by atoms with E-state index in [0.717, 1.165) is 5.92 Å². The van der Waals surface area contributed by atoms with Crippen LogP contribution in [0.1, 0.15) is 60.3 Å². The molecular formula is C13H27N. The lowest BCUT2D eigenvalue weighted by Gasteiger charge is -2.48. The highest BCUT2D eigenvalue weighted by Crippen LogP contribution is 2.50. The van der Waals surface area contributed by atoms with Crippen LogP contribution < -0.4 is 5.73 Å². The van der Waals surface area contributed by atoms with Crippen molar-refractivity contribution in [1.82, 2.24) is 0 Å². The zero-order valence-corrected chi connectivity index (χ0v) is 10.6. The summed E-state index contributed by atoms with van der Waals surface area (Å²) in [6, 6.07) is 0.415. The topological polar surface area (TPSA) is 26.0 Å². The average molecular weight is 197 g/mol. The lowest BCUT2D eigenvalue weighted by molar-refractivity contribution is 0.0362. The molecule has 1 saturated carbocycles. The van der Waals surface area contributed by atoms with Gasteiger partial charge >= 0.3 is 0 Å². The predicted octanol–water partition coefficient (Wildman–Crippen LogP) is 3.58. The fourth-order valence-electron chi connectivity index (χ4n) is 3.49. The Kier molecular flexibility index (Phi) is 3.30. The van der Waals surface area contributed by atoms with Gasteiger partial charge in [0.1, 0.15) is 0 Å². The van der Waals surface area contributed by atoms with Gasteiger partial charge in [-0.25, -0.2) is 0 Å². The SMILES string of the molecule is CCC(C)C1(C)CC(N)CC(C)(C)C1. The van der Waals surface area contributed by atoms with Crippen LogP contribution in [-0.2, 0) is 0 Å². The summed E-state index contributed by atoms with van der Waals surface area (Å²) in [6.45, 7) is 11.8. The maximum Gasteiger partial charge on any atom is 0.00492 e. The Morgan fingerprint density at radius 3 is 2.29 bits per heavy atom. The van der Waals surface area contributed by atoms with E-state index in [0.29, 0.717) is 16.9 Å². The van der Waals surface area contributed by atoms with E-state index in [-0.39, 0.29) is 0 Å². The minimum absolute atomic E-state index is 0.415. The average Bonchev–Trinajstić information content (AvgIpc) is 1.98. The van der Waals surface area contributed by atoms with Crippen LogP contribution in [0.25, 0.3) is 0 Å². The molecule has 84 valence electrons. The molecule has 14 heavy (non-hydrogen) atoms. The molecule has 0 radical (unpaired) electrons. The monoisotopic (exact) mass is 197 g/mol. The van der Waals surface area contributed by atoms with Gasteiger partial charge in [-0.05, 0) is 36.0 Å². The Balaban J connectivity index is 2.78. The third kappa shape index (κ3) is 2.50. The van der Waals surface area contributed by atoms with Crippen LogP contribution in [0, 0.1) is 16.7 Å². The largest absolute Gasteiger partial charge is 0.328 e. The van der Waals surface area contributed by atoms with Crippen molar-refractivity contribution in [1.29, 1.82) is 0 Å². The normalized spacial score (nSPS) is 39.4. The minimum Gasteiger partial charge on any atom is -0.328 e. The molecule has 0 heterocycles. The van der Waals surface area contributed by atoms with Gasteiger partial charge in [0.05, 0.1) is 0 Å². The Morgan fingerprint density at radius 1 is 1.29 bits per heavy atom. The van der Waals surface area contributed by atoms with Gasteiger partial charge in [-0.3, -0.25) is 0 Å². The van der Waals surface area contributed by atoms with Gasteiger partial charge in [0.25, 0.3) is 0 Å².